The molecular weight excluding hydrogens is 482 g/mol. The summed E-state index contributed by atoms with van der Waals surface area (Å²) in [6.45, 7) is 4.95. The third-order valence-corrected chi connectivity index (χ3v) is 6.27. The van der Waals surface area contributed by atoms with Crippen LogP contribution < -0.4 is 14.2 Å². The Labute approximate surface area is 223 Å². The van der Waals surface area contributed by atoms with E-state index in [1.54, 1.807) is 12.1 Å². The number of ether oxygens (including phenoxy) is 3. The monoisotopic (exact) mass is 517 g/mol. The molecule has 0 aliphatic carbocycles. The molecule has 1 aromatic heterocycles. The van der Waals surface area contributed by atoms with Crippen LogP contribution in [0, 0.1) is 0 Å². The smallest absolute Gasteiger partial charge is 0.306 e. The second-order valence-electron chi connectivity index (χ2n) is 9.20. The van der Waals surface area contributed by atoms with Gasteiger partial charge in [0.2, 0.25) is 0 Å². The lowest BCUT2D eigenvalue weighted by Crippen LogP contribution is -2.20. The summed E-state index contributed by atoms with van der Waals surface area (Å²) < 4.78 is 23.8. The van der Waals surface area contributed by atoms with Crippen molar-refractivity contribution >= 4 is 16.9 Å². The van der Waals surface area contributed by atoms with Crippen LogP contribution >= 0.6 is 0 Å². The normalized spacial score (nSPS) is 11.8. The van der Waals surface area contributed by atoms with Crippen LogP contribution in [0.4, 0.5) is 0 Å². The topological polar surface area (TPSA) is 91.0 Å². The van der Waals surface area contributed by atoms with Gasteiger partial charge in [-0.25, -0.2) is 0 Å². The highest BCUT2D eigenvalue weighted by Crippen LogP contribution is 2.36. The zero-order chi connectivity index (χ0) is 26.7. The minimum atomic E-state index is -0.881. The molecule has 0 spiro atoms. The van der Waals surface area contributed by atoms with Crippen LogP contribution in [0.1, 0.15) is 51.5 Å². The van der Waals surface area contributed by atoms with Crippen LogP contribution in [0.25, 0.3) is 22.2 Å². The van der Waals surface area contributed by atoms with Crippen molar-refractivity contribution in [2.45, 2.75) is 58.5 Å². The fraction of sp³-hybridized carbons (Fsp3) is 0.355. The van der Waals surface area contributed by atoms with Crippen molar-refractivity contribution in [3.05, 3.63) is 72.3 Å². The second-order valence-corrected chi connectivity index (χ2v) is 9.20. The minimum absolute atomic E-state index is 0.00296. The van der Waals surface area contributed by atoms with E-state index >= 15 is 0 Å². The van der Waals surface area contributed by atoms with E-state index in [0.717, 1.165) is 71.4 Å². The standard InChI is InChI=1S/C31H35NO6/c1-3-8-25(18-20-35-23-12-14-24(15-13-23)36-21-19-29(33)34)37-28-17-16-27-30(22-10-6-5-7-11-22)32-38-31(27)26(28)9-4-2/h5-7,10-17,25H,3-4,8-9,18-21H2,1-2H3,(H,33,34). The van der Waals surface area contributed by atoms with E-state index in [1.165, 1.54) is 0 Å². The third kappa shape index (κ3) is 7.06. The number of carbonyl (C=O) groups is 1. The summed E-state index contributed by atoms with van der Waals surface area (Å²) in [5.74, 6) is 1.31. The number of fused-ring (bicyclic) bond motifs is 1. The van der Waals surface area contributed by atoms with Gasteiger partial charge in [-0.05, 0) is 49.2 Å². The third-order valence-electron chi connectivity index (χ3n) is 6.27. The Morgan fingerprint density at radius 3 is 2.26 bits per heavy atom. The fourth-order valence-electron chi connectivity index (χ4n) is 4.40. The van der Waals surface area contributed by atoms with Gasteiger partial charge in [-0.3, -0.25) is 4.79 Å². The molecule has 4 aromatic rings. The van der Waals surface area contributed by atoms with Crippen LogP contribution in [0.3, 0.4) is 0 Å². The Balaban J connectivity index is 1.41. The fourth-order valence-corrected chi connectivity index (χ4v) is 4.40. The maximum atomic E-state index is 10.6. The number of carboxylic acid groups (broad SMARTS) is 1. The van der Waals surface area contributed by atoms with E-state index in [9.17, 15) is 4.79 Å². The van der Waals surface area contributed by atoms with E-state index in [1.807, 2.05) is 54.6 Å². The van der Waals surface area contributed by atoms with Gasteiger partial charge in [0.05, 0.1) is 25.0 Å². The summed E-state index contributed by atoms with van der Waals surface area (Å²) >= 11 is 0. The van der Waals surface area contributed by atoms with Crippen LogP contribution in [-0.4, -0.2) is 35.6 Å². The average molecular weight is 518 g/mol. The Morgan fingerprint density at radius 1 is 0.895 bits per heavy atom. The Morgan fingerprint density at radius 2 is 1.61 bits per heavy atom. The Hall–Kier alpha value is -4.00. The molecule has 1 N–H and O–H groups in total. The summed E-state index contributed by atoms with van der Waals surface area (Å²) in [6, 6.07) is 21.4. The molecule has 0 aliphatic heterocycles. The predicted molar refractivity (Wildman–Crippen MR) is 147 cm³/mol. The summed E-state index contributed by atoms with van der Waals surface area (Å²) in [7, 11) is 0. The van der Waals surface area contributed by atoms with Gasteiger partial charge in [0.15, 0.2) is 5.58 Å². The van der Waals surface area contributed by atoms with E-state index < -0.39 is 5.97 Å². The number of aromatic nitrogens is 1. The number of nitrogens with zero attached hydrogens (tertiary/aromatic N) is 1. The van der Waals surface area contributed by atoms with Gasteiger partial charge in [0.25, 0.3) is 0 Å². The Bertz CT molecular complexity index is 1300. The van der Waals surface area contributed by atoms with E-state index in [2.05, 4.69) is 19.0 Å². The highest BCUT2D eigenvalue weighted by molar-refractivity contribution is 5.94. The molecule has 1 unspecified atom stereocenters. The molecule has 7 nitrogen and oxygen atoms in total. The molecule has 1 heterocycles. The first-order chi connectivity index (χ1) is 18.6. The van der Waals surface area contributed by atoms with Gasteiger partial charge >= 0.3 is 5.97 Å². The number of carboxylic acids is 1. The number of rotatable bonds is 15. The number of hydrogen-bond acceptors (Lipinski definition) is 6. The molecule has 0 radical (unpaired) electrons. The highest BCUT2D eigenvalue weighted by Gasteiger charge is 2.20. The molecule has 0 saturated heterocycles. The second kappa shape index (κ2) is 13.5. The first kappa shape index (κ1) is 27.0. The van der Waals surface area contributed by atoms with Crippen LogP contribution in [0.2, 0.25) is 0 Å². The van der Waals surface area contributed by atoms with Crippen molar-refractivity contribution in [1.82, 2.24) is 5.16 Å². The van der Waals surface area contributed by atoms with E-state index in [0.29, 0.717) is 12.4 Å². The van der Waals surface area contributed by atoms with Crippen molar-refractivity contribution in [3.8, 4) is 28.5 Å². The van der Waals surface area contributed by atoms with Crippen molar-refractivity contribution < 1.29 is 28.6 Å². The van der Waals surface area contributed by atoms with Gasteiger partial charge in [0, 0.05) is 17.5 Å². The molecule has 0 saturated carbocycles. The van der Waals surface area contributed by atoms with Gasteiger partial charge in [-0.1, -0.05) is 62.2 Å². The number of benzene rings is 3. The Kier molecular flexibility index (Phi) is 9.62. The lowest BCUT2D eigenvalue weighted by atomic mass is 10.0. The van der Waals surface area contributed by atoms with Gasteiger partial charge < -0.3 is 23.8 Å². The van der Waals surface area contributed by atoms with E-state index in [4.69, 9.17) is 23.8 Å². The summed E-state index contributed by atoms with van der Waals surface area (Å²) in [5, 5.41) is 14.1. The summed E-state index contributed by atoms with van der Waals surface area (Å²) in [6.07, 6.45) is 4.42. The van der Waals surface area contributed by atoms with Crippen molar-refractivity contribution in [2.75, 3.05) is 13.2 Å². The predicted octanol–water partition coefficient (Wildman–Crippen LogP) is 7.32. The SMILES string of the molecule is CCCc1c(OC(CCC)CCOc2ccc(OCCC(=O)O)cc2)ccc2c(-c3ccccc3)noc12. The highest BCUT2D eigenvalue weighted by atomic mass is 16.5. The van der Waals surface area contributed by atoms with Crippen molar-refractivity contribution in [3.63, 3.8) is 0 Å². The van der Waals surface area contributed by atoms with E-state index in [-0.39, 0.29) is 19.1 Å². The molecule has 0 bridgehead atoms. The molecule has 7 heteroatoms. The lowest BCUT2D eigenvalue weighted by Gasteiger charge is -2.21. The van der Waals surface area contributed by atoms with Crippen LogP contribution in [0.15, 0.2) is 71.3 Å². The maximum absolute atomic E-state index is 10.6. The lowest BCUT2D eigenvalue weighted by molar-refractivity contribution is -0.137. The quantitative estimate of drug-likeness (QED) is 0.177. The van der Waals surface area contributed by atoms with Gasteiger partial charge in [-0.15, -0.1) is 0 Å². The molecule has 38 heavy (non-hydrogen) atoms. The summed E-state index contributed by atoms with van der Waals surface area (Å²) in [4.78, 5) is 10.6. The van der Waals surface area contributed by atoms with Crippen LogP contribution in [0.5, 0.6) is 17.2 Å². The molecule has 3 aromatic carbocycles. The molecular formula is C31H35NO6. The molecule has 0 aliphatic rings. The van der Waals surface area contributed by atoms with Crippen molar-refractivity contribution in [1.29, 1.82) is 0 Å². The maximum Gasteiger partial charge on any atom is 0.306 e. The molecule has 0 amide bonds. The average Bonchev–Trinajstić information content (AvgIpc) is 3.36. The van der Waals surface area contributed by atoms with Gasteiger partial charge in [-0.2, -0.15) is 0 Å². The largest absolute Gasteiger partial charge is 0.493 e. The summed E-state index contributed by atoms with van der Waals surface area (Å²) in [5.41, 5.74) is 3.73. The minimum Gasteiger partial charge on any atom is -0.493 e. The number of aliphatic carboxylic acids is 1. The van der Waals surface area contributed by atoms with Gasteiger partial charge in [0.1, 0.15) is 29.0 Å². The zero-order valence-corrected chi connectivity index (χ0v) is 22.0. The van der Waals surface area contributed by atoms with Crippen LogP contribution in [-0.2, 0) is 11.2 Å². The molecule has 0 fully saturated rings. The first-order valence-corrected chi connectivity index (χ1v) is 13.3. The van der Waals surface area contributed by atoms with Crippen molar-refractivity contribution in [2.24, 2.45) is 0 Å². The first-order valence-electron chi connectivity index (χ1n) is 13.3. The zero-order valence-electron chi connectivity index (χ0n) is 22.0. The molecule has 1 atom stereocenters. The molecule has 4 rings (SSSR count). The number of aryl methyl sites for hydroxylation is 1. The molecule has 200 valence electrons. The number of hydrogen-bond donors (Lipinski definition) is 1.